The van der Waals surface area contributed by atoms with E-state index in [-0.39, 0.29) is 29.9 Å². The molecule has 0 amide bonds. The number of ketones is 1. The molecule has 0 atom stereocenters. The number of hydrogen-bond donors (Lipinski definition) is 1. The van der Waals surface area contributed by atoms with Crippen LogP contribution in [0.2, 0.25) is 5.02 Å². The minimum Gasteiger partial charge on any atom is -0.478 e. The Morgan fingerprint density at radius 2 is 1.70 bits per heavy atom. The molecule has 0 bridgehead atoms. The number of carboxylic acid groups (broad SMARTS) is 1. The first-order valence-corrected chi connectivity index (χ1v) is 8.94. The van der Waals surface area contributed by atoms with Gasteiger partial charge in [-0.3, -0.25) is 4.79 Å². The molecule has 0 aliphatic heterocycles. The number of carbonyl (C=O) groups excluding carboxylic acids is 1. The van der Waals surface area contributed by atoms with Gasteiger partial charge in [0.1, 0.15) is 5.76 Å². The summed E-state index contributed by atoms with van der Waals surface area (Å²) in [6, 6.07) is 17.1. The second kappa shape index (κ2) is 8.29. The molecule has 1 aromatic heterocycles. The summed E-state index contributed by atoms with van der Waals surface area (Å²) in [4.78, 5) is 24.2. The van der Waals surface area contributed by atoms with Gasteiger partial charge in [0.25, 0.3) is 0 Å². The first-order valence-electron chi connectivity index (χ1n) is 8.16. The van der Waals surface area contributed by atoms with Crippen molar-refractivity contribution in [2.75, 3.05) is 0 Å². The third-order valence-electron chi connectivity index (χ3n) is 4.00. The number of carboxylic acids is 1. The molecule has 3 aromatic rings. The third kappa shape index (κ3) is 4.70. The Hall–Kier alpha value is -2.76. The fourth-order valence-corrected chi connectivity index (χ4v) is 3.09. The molecule has 0 radical (unpaired) electrons. The van der Waals surface area contributed by atoms with Gasteiger partial charge in [-0.1, -0.05) is 42.0 Å². The average molecular weight is 399 g/mol. The quantitative estimate of drug-likeness (QED) is 0.421. The van der Waals surface area contributed by atoms with Crippen molar-refractivity contribution in [1.82, 2.24) is 0 Å². The highest BCUT2D eigenvalue weighted by Crippen LogP contribution is 2.24. The molecule has 27 heavy (non-hydrogen) atoms. The van der Waals surface area contributed by atoms with E-state index in [0.29, 0.717) is 21.2 Å². The van der Waals surface area contributed by atoms with Gasteiger partial charge < -0.3 is 9.52 Å². The first kappa shape index (κ1) is 19.0. The smallest absolute Gasteiger partial charge is 0.335 e. The molecule has 6 heteroatoms. The van der Waals surface area contributed by atoms with E-state index in [1.165, 1.54) is 6.07 Å². The van der Waals surface area contributed by atoms with Crippen molar-refractivity contribution >= 4 is 40.4 Å². The Bertz CT molecular complexity index is 1010. The first-order chi connectivity index (χ1) is 12.9. The van der Waals surface area contributed by atoms with E-state index in [9.17, 15) is 14.7 Å². The highest BCUT2D eigenvalue weighted by molar-refractivity contribution is 7.80. The number of furan rings is 1. The Kier molecular flexibility index (Phi) is 5.84. The molecule has 0 spiro atoms. The van der Waals surface area contributed by atoms with Crippen LogP contribution < -0.4 is 0 Å². The van der Waals surface area contributed by atoms with Crippen LogP contribution in [-0.4, -0.2) is 21.7 Å². The van der Waals surface area contributed by atoms with Crippen LogP contribution in [0.1, 0.15) is 32.9 Å². The lowest BCUT2D eigenvalue weighted by Gasteiger charge is -2.06. The van der Waals surface area contributed by atoms with Gasteiger partial charge in [0, 0.05) is 28.3 Å². The highest BCUT2D eigenvalue weighted by atomic mass is 35.5. The SMILES string of the molecule is O=C(CC(=S)Cc1ccccc1C(=O)O)c1ccc(-c2ccc(Cl)cc2)o1. The molecule has 2 aromatic carbocycles. The van der Waals surface area contributed by atoms with Crippen LogP contribution in [-0.2, 0) is 6.42 Å². The molecular formula is C21H15ClO4S. The fourth-order valence-electron chi connectivity index (χ4n) is 2.68. The predicted molar refractivity (Wildman–Crippen MR) is 108 cm³/mol. The third-order valence-corrected chi connectivity index (χ3v) is 4.54. The molecule has 0 fully saturated rings. The van der Waals surface area contributed by atoms with Crippen molar-refractivity contribution < 1.29 is 19.1 Å². The van der Waals surface area contributed by atoms with E-state index in [1.807, 2.05) is 12.1 Å². The summed E-state index contributed by atoms with van der Waals surface area (Å²) >= 11 is 11.2. The molecule has 1 heterocycles. The number of rotatable bonds is 7. The van der Waals surface area contributed by atoms with Gasteiger partial charge in [0.15, 0.2) is 5.76 Å². The lowest BCUT2D eigenvalue weighted by molar-refractivity contribution is 0.0695. The maximum atomic E-state index is 12.4. The molecule has 0 aliphatic carbocycles. The average Bonchev–Trinajstić information content (AvgIpc) is 3.13. The van der Waals surface area contributed by atoms with Crippen LogP contribution in [0, 0.1) is 0 Å². The number of aromatic carboxylic acids is 1. The van der Waals surface area contributed by atoms with Gasteiger partial charge in [-0.05, 0) is 48.0 Å². The molecule has 0 aliphatic rings. The lowest BCUT2D eigenvalue weighted by Crippen LogP contribution is -2.11. The summed E-state index contributed by atoms with van der Waals surface area (Å²) in [5, 5.41) is 9.85. The lowest BCUT2D eigenvalue weighted by atomic mass is 10.0. The molecule has 3 rings (SSSR count). The molecule has 136 valence electrons. The standard InChI is InChI=1S/C21H15ClO4S/c22-15-7-5-13(6-8-15)19-9-10-20(26-19)18(23)12-16(27)11-14-3-1-2-4-17(14)21(24)25/h1-10H,11-12H2,(H,24,25). The summed E-state index contributed by atoms with van der Waals surface area (Å²) < 4.78 is 5.64. The van der Waals surface area contributed by atoms with Gasteiger partial charge in [0.2, 0.25) is 5.78 Å². The van der Waals surface area contributed by atoms with Crippen LogP contribution in [0.25, 0.3) is 11.3 Å². The Balaban J connectivity index is 1.68. The largest absolute Gasteiger partial charge is 0.478 e. The summed E-state index contributed by atoms with van der Waals surface area (Å²) in [5.74, 6) is -0.475. The van der Waals surface area contributed by atoms with Gasteiger partial charge >= 0.3 is 5.97 Å². The van der Waals surface area contributed by atoms with Crippen LogP contribution in [0.5, 0.6) is 0 Å². The van der Waals surface area contributed by atoms with Crippen molar-refractivity contribution in [3.63, 3.8) is 0 Å². The summed E-state index contributed by atoms with van der Waals surface area (Å²) in [7, 11) is 0. The molecule has 0 saturated carbocycles. The van der Waals surface area contributed by atoms with E-state index in [4.69, 9.17) is 28.2 Å². The fraction of sp³-hybridized carbons (Fsp3) is 0.0952. The summed E-state index contributed by atoms with van der Waals surface area (Å²) in [6.45, 7) is 0. The highest BCUT2D eigenvalue weighted by Gasteiger charge is 2.16. The molecule has 0 saturated heterocycles. The second-order valence-corrected chi connectivity index (χ2v) is 6.96. The monoisotopic (exact) mass is 398 g/mol. The van der Waals surface area contributed by atoms with Crippen LogP contribution >= 0.6 is 23.8 Å². The molecule has 1 N–H and O–H groups in total. The van der Waals surface area contributed by atoms with Crippen LogP contribution in [0.15, 0.2) is 65.1 Å². The zero-order valence-corrected chi connectivity index (χ0v) is 15.7. The number of thiocarbonyl (C=S) groups is 1. The topological polar surface area (TPSA) is 67.5 Å². The summed E-state index contributed by atoms with van der Waals surface area (Å²) in [5.41, 5.74) is 1.59. The Morgan fingerprint density at radius 1 is 1.00 bits per heavy atom. The van der Waals surface area contributed by atoms with Crippen molar-refractivity contribution in [3.8, 4) is 11.3 Å². The van der Waals surface area contributed by atoms with E-state index < -0.39 is 5.97 Å². The summed E-state index contributed by atoms with van der Waals surface area (Å²) in [6.07, 6.45) is 0.255. The van der Waals surface area contributed by atoms with E-state index >= 15 is 0 Å². The maximum absolute atomic E-state index is 12.4. The van der Waals surface area contributed by atoms with Crippen molar-refractivity contribution in [2.45, 2.75) is 12.8 Å². The van der Waals surface area contributed by atoms with E-state index in [1.54, 1.807) is 42.5 Å². The van der Waals surface area contributed by atoms with E-state index in [2.05, 4.69) is 0 Å². The van der Waals surface area contributed by atoms with Gasteiger partial charge in [-0.15, -0.1) is 0 Å². The van der Waals surface area contributed by atoms with Crippen LogP contribution in [0.3, 0.4) is 0 Å². The van der Waals surface area contributed by atoms with Gasteiger partial charge in [0.05, 0.1) is 5.56 Å². The zero-order valence-electron chi connectivity index (χ0n) is 14.1. The van der Waals surface area contributed by atoms with E-state index in [0.717, 1.165) is 5.56 Å². The number of carbonyl (C=O) groups is 2. The van der Waals surface area contributed by atoms with Crippen LogP contribution in [0.4, 0.5) is 0 Å². The Labute approximate surface area is 166 Å². The molecule has 0 unspecified atom stereocenters. The van der Waals surface area contributed by atoms with Crippen molar-refractivity contribution in [3.05, 3.63) is 82.6 Å². The molecular weight excluding hydrogens is 384 g/mol. The molecule has 4 nitrogen and oxygen atoms in total. The Morgan fingerprint density at radius 3 is 2.41 bits per heavy atom. The predicted octanol–water partition coefficient (Wildman–Crippen LogP) is 5.48. The van der Waals surface area contributed by atoms with Crippen molar-refractivity contribution in [2.24, 2.45) is 0 Å². The van der Waals surface area contributed by atoms with Crippen molar-refractivity contribution in [1.29, 1.82) is 0 Å². The number of benzene rings is 2. The number of hydrogen-bond acceptors (Lipinski definition) is 4. The normalized spacial score (nSPS) is 10.6. The minimum absolute atomic E-state index is 0.0108. The van der Waals surface area contributed by atoms with Gasteiger partial charge in [-0.2, -0.15) is 0 Å². The second-order valence-electron chi connectivity index (χ2n) is 5.95. The number of halogens is 1. The zero-order chi connectivity index (χ0) is 19.4. The number of Topliss-reactive ketones (excluding diaryl/α,β-unsaturated/α-hetero) is 1. The van der Waals surface area contributed by atoms with Gasteiger partial charge in [-0.25, -0.2) is 4.79 Å². The minimum atomic E-state index is -1.02. The maximum Gasteiger partial charge on any atom is 0.335 e.